The Morgan fingerprint density at radius 3 is 2.70 bits per heavy atom. The van der Waals surface area contributed by atoms with Crippen molar-refractivity contribution in [2.45, 2.75) is 13.5 Å². The summed E-state index contributed by atoms with van der Waals surface area (Å²) < 4.78 is 5.61. The van der Waals surface area contributed by atoms with Gasteiger partial charge in [-0.2, -0.15) is 0 Å². The number of nitrogens with one attached hydrogen (secondary N) is 1. The van der Waals surface area contributed by atoms with Crippen LogP contribution in [0.25, 0.3) is 11.5 Å². The molecule has 6 heteroatoms. The lowest BCUT2D eigenvalue weighted by molar-refractivity contribution is 0.101. The largest absolute Gasteiger partial charge is 0.419 e. The summed E-state index contributed by atoms with van der Waals surface area (Å²) >= 11 is 5.86. The van der Waals surface area contributed by atoms with E-state index in [1.165, 1.54) is 6.92 Å². The van der Waals surface area contributed by atoms with Gasteiger partial charge in [0, 0.05) is 21.8 Å². The van der Waals surface area contributed by atoms with E-state index in [9.17, 15) is 4.79 Å². The minimum Gasteiger partial charge on any atom is -0.419 e. The Balaban J connectivity index is 1.69. The second-order valence-electron chi connectivity index (χ2n) is 5.00. The van der Waals surface area contributed by atoms with Crippen LogP contribution >= 0.6 is 11.6 Å². The standard InChI is InChI=1S/C17H14ClN3O2/c1-11(22)13-3-2-4-15(9-13)19-10-16-20-21-17(23-16)12-5-7-14(18)8-6-12/h2-9,19H,10H2,1H3. The van der Waals surface area contributed by atoms with Gasteiger partial charge in [-0.3, -0.25) is 4.79 Å². The van der Waals surface area contributed by atoms with E-state index in [4.69, 9.17) is 16.0 Å². The summed E-state index contributed by atoms with van der Waals surface area (Å²) in [7, 11) is 0. The number of aromatic nitrogens is 2. The van der Waals surface area contributed by atoms with E-state index in [1.54, 1.807) is 24.3 Å². The highest BCUT2D eigenvalue weighted by Gasteiger charge is 2.08. The topological polar surface area (TPSA) is 68.0 Å². The molecule has 0 bridgehead atoms. The Morgan fingerprint density at radius 2 is 1.96 bits per heavy atom. The van der Waals surface area contributed by atoms with Crippen molar-refractivity contribution in [3.05, 3.63) is 65.0 Å². The number of hydrogen-bond acceptors (Lipinski definition) is 5. The number of halogens is 1. The average molecular weight is 328 g/mol. The SMILES string of the molecule is CC(=O)c1cccc(NCc2nnc(-c3ccc(Cl)cc3)o2)c1. The summed E-state index contributed by atoms with van der Waals surface area (Å²) in [6.07, 6.45) is 0. The second-order valence-corrected chi connectivity index (χ2v) is 5.43. The molecule has 0 spiro atoms. The molecule has 0 aliphatic heterocycles. The van der Waals surface area contributed by atoms with Crippen LogP contribution in [0, 0.1) is 0 Å². The first kappa shape index (κ1) is 15.2. The van der Waals surface area contributed by atoms with Crippen molar-refractivity contribution in [1.82, 2.24) is 10.2 Å². The first-order chi connectivity index (χ1) is 11.1. The minimum atomic E-state index is 0.0245. The van der Waals surface area contributed by atoms with Gasteiger partial charge >= 0.3 is 0 Å². The van der Waals surface area contributed by atoms with E-state index < -0.39 is 0 Å². The van der Waals surface area contributed by atoms with Gasteiger partial charge in [0.15, 0.2) is 5.78 Å². The number of benzene rings is 2. The van der Waals surface area contributed by atoms with Crippen LogP contribution in [0.4, 0.5) is 5.69 Å². The summed E-state index contributed by atoms with van der Waals surface area (Å²) in [5, 5.41) is 11.8. The van der Waals surface area contributed by atoms with Crippen LogP contribution in [0.3, 0.4) is 0 Å². The van der Waals surface area contributed by atoms with E-state index in [0.717, 1.165) is 11.3 Å². The van der Waals surface area contributed by atoms with E-state index >= 15 is 0 Å². The predicted molar refractivity (Wildman–Crippen MR) is 88.5 cm³/mol. The Labute approximate surface area is 138 Å². The number of nitrogens with zero attached hydrogens (tertiary/aromatic N) is 2. The van der Waals surface area contributed by atoms with E-state index in [1.807, 2.05) is 24.3 Å². The van der Waals surface area contributed by atoms with Gasteiger partial charge in [0.1, 0.15) is 0 Å². The normalized spacial score (nSPS) is 10.5. The highest BCUT2D eigenvalue weighted by molar-refractivity contribution is 6.30. The second kappa shape index (κ2) is 6.62. The number of hydrogen-bond donors (Lipinski definition) is 1. The van der Waals surface area contributed by atoms with Crippen molar-refractivity contribution in [3.8, 4) is 11.5 Å². The van der Waals surface area contributed by atoms with Crippen molar-refractivity contribution in [2.75, 3.05) is 5.32 Å². The van der Waals surface area contributed by atoms with E-state index in [2.05, 4.69) is 15.5 Å². The minimum absolute atomic E-state index is 0.0245. The summed E-state index contributed by atoms with van der Waals surface area (Å²) in [5.41, 5.74) is 2.29. The summed E-state index contributed by atoms with van der Waals surface area (Å²) in [6.45, 7) is 1.91. The molecule has 5 nitrogen and oxygen atoms in total. The van der Waals surface area contributed by atoms with E-state index in [0.29, 0.717) is 28.9 Å². The third-order valence-corrected chi connectivity index (χ3v) is 3.52. The van der Waals surface area contributed by atoms with Crippen LogP contribution in [-0.2, 0) is 6.54 Å². The monoisotopic (exact) mass is 327 g/mol. The molecule has 0 aliphatic carbocycles. The number of carbonyl (C=O) groups excluding carboxylic acids is 1. The number of anilines is 1. The molecule has 0 aliphatic rings. The Hall–Kier alpha value is -2.66. The Morgan fingerprint density at radius 1 is 1.17 bits per heavy atom. The fourth-order valence-corrected chi connectivity index (χ4v) is 2.19. The maximum atomic E-state index is 11.4. The smallest absolute Gasteiger partial charge is 0.247 e. The zero-order valence-electron chi connectivity index (χ0n) is 12.4. The average Bonchev–Trinajstić information content (AvgIpc) is 3.03. The molecule has 0 atom stereocenters. The molecule has 1 N–H and O–H groups in total. The van der Waals surface area contributed by atoms with Gasteiger partial charge in [-0.25, -0.2) is 0 Å². The molecule has 0 saturated carbocycles. The molecule has 23 heavy (non-hydrogen) atoms. The van der Waals surface area contributed by atoms with Crippen molar-refractivity contribution in [2.24, 2.45) is 0 Å². The Kier molecular flexibility index (Phi) is 4.39. The third-order valence-electron chi connectivity index (χ3n) is 3.27. The third kappa shape index (κ3) is 3.76. The van der Waals surface area contributed by atoms with E-state index in [-0.39, 0.29) is 5.78 Å². The van der Waals surface area contributed by atoms with Crippen LogP contribution in [0.2, 0.25) is 5.02 Å². The van der Waals surface area contributed by atoms with Crippen molar-refractivity contribution < 1.29 is 9.21 Å². The molecule has 3 rings (SSSR count). The highest BCUT2D eigenvalue weighted by atomic mass is 35.5. The van der Waals surface area contributed by atoms with Gasteiger partial charge in [0.2, 0.25) is 11.8 Å². The maximum absolute atomic E-state index is 11.4. The number of Topliss-reactive ketones (excluding diaryl/α,β-unsaturated/α-hetero) is 1. The number of carbonyl (C=O) groups is 1. The summed E-state index contributed by atoms with van der Waals surface area (Å²) in [5.74, 6) is 0.926. The summed E-state index contributed by atoms with van der Waals surface area (Å²) in [6, 6.07) is 14.5. The maximum Gasteiger partial charge on any atom is 0.247 e. The Bertz CT molecular complexity index is 828. The van der Waals surface area contributed by atoms with Crippen LogP contribution in [0.15, 0.2) is 52.9 Å². The predicted octanol–water partition coefficient (Wildman–Crippen LogP) is 4.20. The van der Waals surface area contributed by atoms with Gasteiger partial charge in [-0.15, -0.1) is 10.2 Å². The molecular formula is C17H14ClN3O2. The number of rotatable bonds is 5. The van der Waals surface area contributed by atoms with Gasteiger partial charge in [-0.05, 0) is 43.3 Å². The lowest BCUT2D eigenvalue weighted by atomic mass is 10.1. The quantitative estimate of drug-likeness (QED) is 0.711. The van der Waals surface area contributed by atoms with Gasteiger partial charge < -0.3 is 9.73 Å². The molecule has 1 aromatic heterocycles. The van der Waals surface area contributed by atoms with Crippen molar-refractivity contribution in [1.29, 1.82) is 0 Å². The van der Waals surface area contributed by atoms with Crippen LogP contribution < -0.4 is 5.32 Å². The number of ketones is 1. The lowest BCUT2D eigenvalue weighted by Crippen LogP contribution is -2.01. The van der Waals surface area contributed by atoms with Gasteiger partial charge in [-0.1, -0.05) is 23.7 Å². The van der Waals surface area contributed by atoms with Crippen molar-refractivity contribution >= 4 is 23.1 Å². The summed E-state index contributed by atoms with van der Waals surface area (Å²) in [4.78, 5) is 11.4. The molecule has 0 fully saturated rings. The molecular weight excluding hydrogens is 314 g/mol. The fraction of sp³-hybridized carbons (Fsp3) is 0.118. The van der Waals surface area contributed by atoms with Crippen LogP contribution in [0.1, 0.15) is 23.2 Å². The first-order valence-corrected chi connectivity index (χ1v) is 7.43. The zero-order chi connectivity index (χ0) is 16.2. The molecule has 2 aromatic carbocycles. The molecule has 0 radical (unpaired) electrons. The van der Waals surface area contributed by atoms with Crippen LogP contribution in [0.5, 0.6) is 0 Å². The van der Waals surface area contributed by atoms with Crippen molar-refractivity contribution in [3.63, 3.8) is 0 Å². The van der Waals surface area contributed by atoms with Gasteiger partial charge in [0.25, 0.3) is 0 Å². The molecule has 116 valence electrons. The van der Waals surface area contributed by atoms with Crippen LogP contribution in [-0.4, -0.2) is 16.0 Å². The first-order valence-electron chi connectivity index (χ1n) is 7.05. The lowest BCUT2D eigenvalue weighted by Gasteiger charge is -2.04. The molecule has 3 aromatic rings. The highest BCUT2D eigenvalue weighted by Crippen LogP contribution is 2.20. The molecule has 0 amide bonds. The molecule has 0 saturated heterocycles. The van der Waals surface area contributed by atoms with Gasteiger partial charge in [0.05, 0.1) is 6.54 Å². The zero-order valence-corrected chi connectivity index (χ0v) is 13.2. The molecule has 1 heterocycles. The fourth-order valence-electron chi connectivity index (χ4n) is 2.06. The molecule has 0 unspecified atom stereocenters.